The number of ether oxygens (including phenoxy) is 2. The second-order valence-corrected chi connectivity index (χ2v) is 3.81. The molecule has 0 amide bonds. The normalized spacial score (nSPS) is 16.4. The smallest absolute Gasteiger partial charge is 0.120 e. The van der Waals surface area contributed by atoms with Gasteiger partial charge in [-0.25, -0.2) is 0 Å². The first-order valence-corrected chi connectivity index (χ1v) is 4.89. The number of anilines is 1. The molecule has 2 N–H and O–H groups in total. The van der Waals surface area contributed by atoms with E-state index < -0.39 is 0 Å². The maximum absolute atomic E-state index is 5.85. The number of nitrogen functional groups attached to an aromatic ring is 1. The van der Waals surface area contributed by atoms with Gasteiger partial charge in [-0.2, -0.15) is 0 Å². The maximum Gasteiger partial charge on any atom is 0.120 e. The molecule has 0 aromatic heterocycles. The third-order valence-corrected chi connectivity index (χ3v) is 2.49. The molecule has 1 fully saturated rings. The van der Waals surface area contributed by atoms with Gasteiger partial charge in [-0.3, -0.25) is 0 Å². The molecule has 1 aromatic carbocycles. The number of nitrogens with two attached hydrogens (primary N) is 1. The van der Waals surface area contributed by atoms with Gasteiger partial charge in [0.15, 0.2) is 0 Å². The molecule has 0 atom stereocenters. The minimum absolute atomic E-state index is 0.520. The van der Waals surface area contributed by atoms with E-state index >= 15 is 0 Å². The summed E-state index contributed by atoms with van der Waals surface area (Å²) in [5.74, 6) is 1.28. The molecule has 4 heteroatoms. The Balaban J connectivity index is 1.91. The van der Waals surface area contributed by atoms with Crippen LogP contribution < -0.4 is 10.5 Å². The Morgan fingerprint density at radius 2 is 2.29 bits per heavy atom. The molecule has 1 aromatic rings. The molecule has 0 unspecified atom stereocenters. The summed E-state index contributed by atoms with van der Waals surface area (Å²) in [5.41, 5.74) is 6.15. The van der Waals surface area contributed by atoms with E-state index in [1.54, 1.807) is 12.1 Å². The van der Waals surface area contributed by atoms with Crippen LogP contribution >= 0.6 is 11.6 Å². The number of hydrogen-bond donors (Lipinski definition) is 1. The SMILES string of the molecule is Nc1ccc(OCC2COC2)cc1Cl. The van der Waals surface area contributed by atoms with Crippen molar-refractivity contribution >= 4 is 17.3 Å². The number of benzene rings is 1. The van der Waals surface area contributed by atoms with Gasteiger partial charge in [-0.15, -0.1) is 0 Å². The van der Waals surface area contributed by atoms with Crippen LogP contribution in [0.2, 0.25) is 5.02 Å². The van der Waals surface area contributed by atoms with Crippen LogP contribution in [-0.2, 0) is 4.74 Å². The van der Waals surface area contributed by atoms with Crippen LogP contribution in [0, 0.1) is 5.92 Å². The van der Waals surface area contributed by atoms with E-state index in [0.29, 0.717) is 23.2 Å². The Morgan fingerprint density at radius 1 is 1.50 bits per heavy atom. The molecule has 3 nitrogen and oxygen atoms in total. The lowest BCUT2D eigenvalue weighted by molar-refractivity contribution is -0.0508. The molecule has 0 radical (unpaired) electrons. The molecule has 0 aliphatic carbocycles. The summed E-state index contributed by atoms with van der Waals surface area (Å²) in [6, 6.07) is 5.30. The van der Waals surface area contributed by atoms with E-state index in [4.69, 9.17) is 26.8 Å². The van der Waals surface area contributed by atoms with Crippen molar-refractivity contribution in [2.75, 3.05) is 25.6 Å². The molecule has 1 saturated heterocycles. The Morgan fingerprint density at radius 3 is 2.86 bits per heavy atom. The van der Waals surface area contributed by atoms with Gasteiger partial charge in [0.1, 0.15) is 5.75 Å². The lowest BCUT2D eigenvalue weighted by Crippen LogP contribution is -2.32. The van der Waals surface area contributed by atoms with E-state index in [1.165, 1.54) is 0 Å². The topological polar surface area (TPSA) is 44.5 Å². The zero-order valence-corrected chi connectivity index (χ0v) is 8.46. The Kier molecular flexibility index (Phi) is 2.79. The van der Waals surface area contributed by atoms with Gasteiger partial charge < -0.3 is 15.2 Å². The first kappa shape index (κ1) is 9.62. The number of rotatable bonds is 3. The van der Waals surface area contributed by atoms with Crippen LogP contribution in [0.3, 0.4) is 0 Å². The van der Waals surface area contributed by atoms with Gasteiger partial charge in [0.2, 0.25) is 0 Å². The largest absolute Gasteiger partial charge is 0.493 e. The molecule has 14 heavy (non-hydrogen) atoms. The molecule has 1 aliphatic rings. The summed E-state index contributed by atoms with van der Waals surface area (Å²) >= 11 is 5.85. The first-order valence-electron chi connectivity index (χ1n) is 4.51. The van der Waals surface area contributed by atoms with E-state index in [-0.39, 0.29) is 0 Å². The molecule has 76 valence electrons. The monoisotopic (exact) mass is 213 g/mol. The van der Waals surface area contributed by atoms with Crippen molar-refractivity contribution in [2.45, 2.75) is 0 Å². The molecule has 0 spiro atoms. The number of hydrogen-bond acceptors (Lipinski definition) is 3. The average Bonchev–Trinajstić information content (AvgIpc) is 2.08. The minimum atomic E-state index is 0.520. The van der Waals surface area contributed by atoms with Gasteiger partial charge in [-0.05, 0) is 12.1 Å². The quantitative estimate of drug-likeness (QED) is 0.781. The summed E-state index contributed by atoms with van der Waals surface area (Å²) in [5, 5.41) is 0.535. The van der Waals surface area contributed by atoms with Crippen molar-refractivity contribution in [1.82, 2.24) is 0 Å². The van der Waals surface area contributed by atoms with Crippen LogP contribution in [0.15, 0.2) is 18.2 Å². The Labute approximate surface area is 87.8 Å². The van der Waals surface area contributed by atoms with Crippen LogP contribution in [0.25, 0.3) is 0 Å². The molecular weight excluding hydrogens is 202 g/mol. The highest BCUT2D eigenvalue weighted by molar-refractivity contribution is 6.33. The van der Waals surface area contributed by atoms with Crippen LogP contribution in [0.1, 0.15) is 0 Å². The average molecular weight is 214 g/mol. The van der Waals surface area contributed by atoms with E-state index in [0.717, 1.165) is 19.0 Å². The van der Waals surface area contributed by atoms with Gasteiger partial charge in [0.05, 0.1) is 30.5 Å². The van der Waals surface area contributed by atoms with Crippen molar-refractivity contribution in [3.05, 3.63) is 23.2 Å². The molecule has 2 rings (SSSR count). The van der Waals surface area contributed by atoms with Crippen molar-refractivity contribution in [2.24, 2.45) is 5.92 Å². The second kappa shape index (κ2) is 4.07. The fraction of sp³-hybridized carbons (Fsp3) is 0.400. The first-order chi connectivity index (χ1) is 6.75. The third-order valence-electron chi connectivity index (χ3n) is 2.16. The standard InChI is InChI=1S/C10H12ClNO2/c11-9-3-8(1-2-10(9)12)14-6-7-4-13-5-7/h1-3,7H,4-6,12H2. The fourth-order valence-corrected chi connectivity index (χ4v) is 1.36. The van der Waals surface area contributed by atoms with E-state index in [2.05, 4.69) is 0 Å². The highest BCUT2D eigenvalue weighted by atomic mass is 35.5. The fourth-order valence-electron chi connectivity index (χ4n) is 1.19. The zero-order valence-electron chi connectivity index (χ0n) is 7.70. The van der Waals surface area contributed by atoms with Crippen LogP contribution in [0.4, 0.5) is 5.69 Å². The van der Waals surface area contributed by atoms with Gasteiger partial charge in [0, 0.05) is 12.0 Å². The molecular formula is C10H12ClNO2. The lowest BCUT2D eigenvalue weighted by Gasteiger charge is -2.25. The summed E-state index contributed by atoms with van der Waals surface area (Å²) < 4.78 is 10.6. The second-order valence-electron chi connectivity index (χ2n) is 3.40. The summed E-state index contributed by atoms with van der Waals surface area (Å²) in [6.45, 7) is 2.27. The van der Waals surface area contributed by atoms with Crippen LogP contribution in [0.5, 0.6) is 5.75 Å². The Hall–Kier alpha value is -0.930. The van der Waals surface area contributed by atoms with Crippen molar-refractivity contribution < 1.29 is 9.47 Å². The number of halogens is 1. The predicted molar refractivity (Wildman–Crippen MR) is 55.7 cm³/mol. The van der Waals surface area contributed by atoms with Gasteiger partial charge in [-0.1, -0.05) is 11.6 Å². The van der Waals surface area contributed by atoms with Crippen molar-refractivity contribution in [3.8, 4) is 5.75 Å². The molecule has 0 saturated carbocycles. The Bertz CT molecular complexity index is 326. The summed E-state index contributed by atoms with van der Waals surface area (Å²) in [6.07, 6.45) is 0. The molecule has 1 heterocycles. The highest BCUT2D eigenvalue weighted by Gasteiger charge is 2.18. The van der Waals surface area contributed by atoms with E-state index in [9.17, 15) is 0 Å². The molecule has 1 aliphatic heterocycles. The van der Waals surface area contributed by atoms with Crippen LogP contribution in [-0.4, -0.2) is 19.8 Å². The zero-order chi connectivity index (χ0) is 9.97. The van der Waals surface area contributed by atoms with E-state index in [1.807, 2.05) is 6.07 Å². The highest BCUT2D eigenvalue weighted by Crippen LogP contribution is 2.24. The minimum Gasteiger partial charge on any atom is -0.493 e. The van der Waals surface area contributed by atoms with Crippen molar-refractivity contribution in [3.63, 3.8) is 0 Å². The lowest BCUT2D eigenvalue weighted by atomic mass is 10.1. The summed E-state index contributed by atoms with van der Waals surface area (Å²) in [7, 11) is 0. The third kappa shape index (κ3) is 2.11. The van der Waals surface area contributed by atoms with Gasteiger partial charge >= 0.3 is 0 Å². The maximum atomic E-state index is 5.85. The van der Waals surface area contributed by atoms with Crippen molar-refractivity contribution in [1.29, 1.82) is 0 Å². The molecule has 0 bridgehead atoms. The van der Waals surface area contributed by atoms with Gasteiger partial charge in [0.25, 0.3) is 0 Å². The predicted octanol–water partition coefficient (Wildman–Crippen LogP) is 1.95. The summed E-state index contributed by atoms with van der Waals surface area (Å²) in [4.78, 5) is 0.